The molecule has 98 valence electrons. The Balaban J connectivity index is 2.22. The second-order valence-corrected chi connectivity index (χ2v) is 5.54. The van der Waals surface area contributed by atoms with Gasteiger partial charge in [0.2, 0.25) is 11.8 Å². The summed E-state index contributed by atoms with van der Waals surface area (Å²) in [5, 5.41) is 20.1. The lowest BCUT2D eigenvalue weighted by Gasteiger charge is -2.39. The van der Waals surface area contributed by atoms with E-state index in [-0.39, 0.29) is 17.8 Å². The first-order valence-corrected chi connectivity index (χ1v) is 6.03. The third-order valence-electron chi connectivity index (χ3n) is 3.93. The molecule has 0 fully saturated rings. The highest BCUT2D eigenvalue weighted by Crippen LogP contribution is 2.57. The van der Waals surface area contributed by atoms with Crippen LogP contribution >= 0.6 is 0 Å². The number of aromatic nitrogens is 1. The molecule has 2 aliphatic rings. The summed E-state index contributed by atoms with van der Waals surface area (Å²) >= 11 is 0. The average molecular weight is 250 g/mol. The number of likely N-dealkylation sites (N-methyl/N-ethyl adjacent to an activating group) is 1. The van der Waals surface area contributed by atoms with Gasteiger partial charge in [0.05, 0.1) is 11.6 Å². The third-order valence-corrected chi connectivity index (χ3v) is 3.93. The van der Waals surface area contributed by atoms with E-state index in [1.807, 2.05) is 14.0 Å². The Kier molecular flexibility index (Phi) is 2.06. The van der Waals surface area contributed by atoms with Gasteiger partial charge in [-0.25, -0.2) is 0 Å². The predicted octanol–water partition coefficient (Wildman–Crippen LogP) is 1.52. The van der Waals surface area contributed by atoms with Crippen LogP contribution in [0.4, 0.5) is 0 Å². The van der Waals surface area contributed by atoms with Gasteiger partial charge in [-0.1, -0.05) is 5.57 Å². The van der Waals surface area contributed by atoms with Crippen molar-refractivity contribution in [3.8, 4) is 17.5 Å². The van der Waals surface area contributed by atoms with Crippen molar-refractivity contribution in [1.29, 1.82) is 0 Å². The summed E-state index contributed by atoms with van der Waals surface area (Å²) in [4.78, 5) is 2.14. The van der Waals surface area contributed by atoms with Crippen LogP contribution in [0.25, 0.3) is 0 Å². The van der Waals surface area contributed by atoms with Crippen LogP contribution in [0.1, 0.15) is 25.5 Å². The Morgan fingerprint density at radius 2 is 2.00 bits per heavy atom. The standard InChI is InChI=1S/C13H18N2O3/c1-7-5-13(2)10(14(3)6-7)8-9(18-13)12(17)15(4)11(8)16/h5,10,16-17H,6H2,1-4H3/t10-,13-/m0/s1. The van der Waals surface area contributed by atoms with Crippen molar-refractivity contribution >= 4 is 0 Å². The van der Waals surface area contributed by atoms with Crippen molar-refractivity contribution in [2.45, 2.75) is 25.5 Å². The van der Waals surface area contributed by atoms with Crippen molar-refractivity contribution in [1.82, 2.24) is 9.47 Å². The molecule has 0 bridgehead atoms. The minimum absolute atomic E-state index is 0.0161. The highest BCUT2D eigenvalue weighted by atomic mass is 16.5. The summed E-state index contributed by atoms with van der Waals surface area (Å²) in [6.07, 6.45) is 2.08. The van der Waals surface area contributed by atoms with E-state index < -0.39 is 5.60 Å². The topological polar surface area (TPSA) is 57.9 Å². The van der Waals surface area contributed by atoms with Crippen LogP contribution in [0, 0.1) is 0 Å². The van der Waals surface area contributed by atoms with Gasteiger partial charge in [0.1, 0.15) is 5.60 Å². The lowest BCUT2D eigenvalue weighted by atomic mass is 9.87. The zero-order valence-corrected chi connectivity index (χ0v) is 11.1. The van der Waals surface area contributed by atoms with Gasteiger partial charge in [-0.15, -0.1) is 0 Å². The maximum absolute atomic E-state index is 10.2. The Labute approximate surface area is 106 Å². The van der Waals surface area contributed by atoms with Crippen LogP contribution in [-0.4, -0.2) is 38.9 Å². The van der Waals surface area contributed by atoms with Crippen LogP contribution < -0.4 is 4.74 Å². The Morgan fingerprint density at radius 1 is 1.33 bits per heavy atom. The molecule has 0 saturated carbocycles. The first kappa shape index (κ1) is 11.5. The predicted molar refractivity (Wildman–Crippen MR) is 66.9 cm³/mol. The summed E-state index contributed by atoms with van der Waals surface area (Å²) in [5.41, 5.74) is 1.39. The molecule has 2 aliphatic heterocycles. The van der Waals surface area contributed by atoms with Crippen LogP contribution in [0.2, 0.25) is 0 Å². The van der Waals surface area contributed by atoms with E-state index >= 15 is 0 Å². The molecule has 0 spiro atoms. The monoisotopic (exact) mass is 250 g/mol. The van der Waals surface area contributed by atoms with Gasteiger partial charge in [-0.2, -0.15) is 0 Å². The second kappa shape index (κ2) is 3.23. The summed E-state index contributed by atoms with van der Waals surface area (Å²) in [6, 6.07) is -0.0664. The molecule has 0 aliphatic carbocycles. The van der Waals surface area contributed by atoms with Gasteiger partial charge in [0.15, 0.2) is 5.75 Å². The molecule has 0 unspecified atom stereocenters. The average Bonchev–Trinajstić information content (AvgIpc) is 2.67. The van der Waals surface area contributed by atoms with E-state index in [4.69, 9.17) is 4.74 Å². The minimum atomic E-state index is -0.523. The van der Waals surface area contributed by atoms with Crippen LogP contribution in [0.5, 0.6) is 17.5 Å². The Bertz CT molecular complexity index is 561. The quantitative estimate of drug-likeness (QED) is 0.685. The molecule has 5 heteroatoms. The van der Waals surface area contributed by atoms with E-state index in [2.05, 4.69) is 17.9 Å². The van der Waals surface area contributed by atoms with Gasteiger partial charge < -0.3 is 14.9 Å². The molecule has 1 aromatic rings. The number of aromatic hydroxyl groups is 2. The number of ether oxygens (including phenoxy) is 1. The van der Waals surface area contributed by atoms with Gasteiger partial charge >= 0.3 is 0 Å². The first-order valence-electron chi connectivity index (χ1n) is 6.03. The molecule has 0 saturated heterocycles. The molecule has 2 N–H and O–H groups in total. The molecule has 18 heavy (non-hydrogen) atoms. The SMILES string of the molecule is CC1=C[C@]2(C)Oc3c(c(O)n(C)c3O)[C@@H]2N(C)C1. The smallest absolute Gasteiger partial charge is 0.237 e. The molecule has 0 amide bonds. The van der Waals surface area contributed by atoms with Gasteiger partial charge in [0.25, 0.3) is 0 Å². The maximum atomic E-state index is 10.2. The number of nitrogens with zero attached hydrogens (tertiary/aromatic N) is 2. The summed E-state index contributed by atoms with van der Waals surface area (Å²) in [7, 11) is 3.62. The fourth-order valence-corrected chi connectivity index (χ4v) is 3.35. The normalized spacial score (nSPS) is 30.7. The lowest BCUT2D eigenvalue weighted by Crippen LogP contribution is -2.45. The zero-order chi connectivity index (χ0) is 13.2. The fourth-order valence-electron chi connectivity index (χ4n) is 3.35. The maximum Gasteiger partial charge on any atom is 0.237 e. The molecule has 3 heterocycles. The van der Waals surface area contributed by atoms with Crippen molar-refractivity contribution in [2.24, 2.45) is 7.05 Å². The van der Waals surface area contributed by atoms with E-state index in [9.17, 15) is 10.2 Å². The number of rotatable bonds is 0. The third kappa shape index (κ3) is 1.20. The minimum Gasteiger partial charge on any atom is -0.494 e. The molecule has 2 atom stereocenters. The summed E-state index contributed by atoms with van der Waals surface area (Å²) < 4.78 is 7.27. The molecule has 5 nitrogen and oxygen atoms in total. The fraction of sp³-hybridized carbons (Fsp3) is 0.538. The molecule has 0 radical (unpaired) electrons. The summed E-state index contributed by atoms with van der Waals surface area (Å²) in [5.74, 6) is 0.467. The number of fused-ring (bicyclic) bond motifs is 3. The zero-order valence-electron chi connectivity index (χ0n) is 11.1. The van der Waals surface area contributed by atoms with Gasteiger partial charge in [-0.05, 0) is 27.0 Å². The van der Waals surface area contributed by atoms with E-state index in [1.165, 1.54) is 10.1 Å². The molecule has 3 rings (SSSR count). The van der Waals surface area contributed by atoms with Crippen molar-refractivity contribution in [3.05, 3.63) is 17.2 Å². The lowest BCUT2D eigenvalue weighted by molar-refractivity contribution is 0.0540. The summed E-state index contributed by atoms with van der Waals surface area (Å²) in [6.45, 7) is 4.87. The van der Waals surface area contributed by atoms with Gasteiger partial charge in [-0.3, -0.25) is 9.47 Å². The van der Waals surface area contributed by atoms with E-state index in [1.54, 1.807) is 7.05 Å². The van der Waals surface area contributed by atoms with E-state index in [0.29, 0.717) is 11.3 Å². The van der Waals surface area contributed by atoms with Crippen LogP contribution in [-0.2, 0) is 7.05 Å². The van der Waals surface area contributed by atoms with E-state index in [0.717, 1.165) is 6.54 Å². The van der Waals surface area contributed by atoms with Crippen molar-refractivity contribution in [3.63, 3.8) is 0 Å². The first-order chi connectivity index (χ1) is 8.35. The number of hydrogen-bond donors (Lipinski definition) is 2. The highest BCUT2D eigenvalue weighted by Gasteiger charge is 2.52. The molecular formula is C13H18N2O3. The molecule has 1 aromatic heterocycles. The molecule has 0 aromatic carbocycles. The molecular weight excluding hydrogens is 232 g/mol. The number of hydrogen-bond acceptors (Lipinski definition) is 4. The van der Waals surface area contributed by atoms with Crippen molar-refractivity contribution < 1.29 is 14.9 Å². The van der Waals surface area contributed by atoms with Crippen LogP contribution in [0.15, 0.2) is 11.6 Å². The van der Waals surface area contributed by atoms with Crippen molar-refractivity contribution in [2.75, 3.05) is 13.6 Å². The second-order valence-electron chi connectivity index (χ2n) is 5.54. The highest BCUT2D eigenvalue weighted by molar-refractivity contribution is 5.58. The largest absolute Gasteiger partial charge is 0.494 e. The van der Waals surface area contributed by atoms with Crippen LogP contribution in [0.3, 0.4) is 0 Å². The Hall–Kier alpha value is -1.62. The van der Waals surface area contributed by atoms with Gasteiger partial charge in [0, 0.05) is 13.6 Å². The Morgan fingerprint density at radius 3 is 2.67 bits per heavy atom.